The Labute approximate surface area is 354 Å². The van der Waals surface area contributed by atoms with Gasteiger partial charge in [0.15, 0.2) is 29.0 Å². The molecule has 0 saturated heterocycles. The number of phenolic OH excluding ortho intramolecular Hbond substituents is 1. The van der Waals surface area contributed by atoms with E-state index < -0.39 is 122 Å². The number of unbranched alkanes of at least 4 members (excludes halogenated alkanes) is 1. The molecule has 2 atom stereocenters. The predicted molar refractivity (Wildman–Crippen MR) is 205 cm³/mol. The number of phenols is 1. The number of hydrogen-bond acceptors (Lipinski definition) is 8. The number of nitrogens with zero attached hydrogens (tertiary/aromatic N) is 2. The topological polar surface area (TPSA) is 146 Å². The van der Waals surface area contributed by atoms with Crippen LogP contribution in [0.3, 0.4) is 0 Å². The minimum atomic E-state index is -5.08. The molecule has 0 fully saturated rings. The summed E-state index contributed by atoms with van der Waals surface area (Å²) in [7, 11) is 0. The van der Waals surface area contributed by atoms with Crippen LogP contribution in [0.25, 0.3) is 21.8 Å². The number of hydrogen-bond donors (Lipinski definition) is 2. The highest BCUT2D eigenvalue weighted by atomic mass is 19.4. The zero-order valence-electron chi connectivity index (χ0n) is 33.5. The lowest BCUT2D eigenvalue weighted by atomic mass is 9.91. The molecule has 0 spiro atoms. The van der Waals surface area contributed by atoms with Crippen molar-refractivity contribution in [2.45, 2.75) is 71.5 Å². The summed E-state index contributed by atoms with van der Waals surface area (Å²) < 4.78 is 155. The van der Waals surface area contributed by atoms with Crippen molar-refractivity contribution in [3.63, 3.8) is 0 Å². The molecule has 0 unspecified atom stereocenters. The van der Waals surface area contributed by atoms with E-state index in [-0.39, 0.29) is 40.9 Å². The molecule has 11 nitrogen and oxygen atoms in total. The molecule has 4 aromatic carbocycles. The van der Waals surface area contributed by atoms with Crippen LogP contribution in [0.15, 0.2) is 60.7 Å². The summed E-state index contributed by atoms with van der Waals surface area (Å²) in [6.07, 6.45) is -9.96. The maximum atomic E-state index is 16.9. The number of esters is 1. The van der Waals surface area contributed by atoms with E-state index in [0.717, 1.165) is 55.5 Å². The number of benzene rings is 4. The Morgan fingerprint density at radius 3 is 1.56 bits per heavy atom. The highest BCUT2D eigenvalue weighted by Gasteiger charge is 2.37. The number of carboxylic acids is 1. The van der Waals surface area contributed by atoms with Crippen molar-refractivity contribution in [2.24, 2.45) is 0 Å². The monoisotopic (exact) mass is 910 g/mol. The Morgan fingerprint density at radius 1 is 0.688 bits per heavy atom. The van der Waals surface area contributed by atoms with Gasteiger partial charge in [0.25, 0.3) is 11.8 Å². The minimum absolute atomic E-state index is 0.132. The summed E-state index contributed by atoms with van der Waals surface area (Å²) in [4.78, 5) is 54.3. The van der Waals surface area contributed by atoms with Gasteiger partial charge in [-0.1, -0.05) is 19.8 Å². The van der Waals surface area contributed by atoms with E-state index in [9.17, 15) is 60.1 Å². The maximum Gasteiger partial charge on any atom is 0.573 e. The number of aromatic hydroxyl groups is 1. The van der Waals surface area contributed by atoms with Crippen LogP contribution in [0, 0.1) is 37.1 Å². The van der Waals surface area contributed by atoms with Gasteiger partial charge in [-0.25, -0.2) is 17.6 Å². The van der Waals surface area contributed by atoms with E-state index in [1.165, 1.54) is 13.8 Å². The van der Waals surface area contributed by atoms with Gasteiger partial charge in [0, 0.05) is 45.4 Å². The van der Waals surface area contributed by atoms with E-state index in [4.69, 9.17) is 4.74 Å². The van der Waals surface area contributed by atoms with Crippen LogP contribution in [0.2, 0.25) is 0 Å². The molecular weight excluding hydrogens is 878 g/mol. The molecule has 2 heterocycles. The number of carbonyl (C=O) groups is 4. The first-order chi connectivity index (χ1) is 29.9. The molecular formula is C43H32F10N2O9. The van der Waals surface area contributed by atoms with Crippen molar-refractivity contribution < 1.29 is 87.5 Å². The standard InChI is InChI=1S/C43H32F10N2O9/c1-5-6-7-25(31-20(4)55(28-16-26(44)36(56)34(46)33(28)31)39(58)22-10-14-24(15-11-22)64-43(51,52)53)41(61)62-37-27(45)17-29-32(35(37)47)30(18(2)40(59)60)19(3)54(29)38(57)21-8-12-23(13-9-21)63-42(48,49)50/h8-18,25,56H,5-7H2,1-4H3,(H,59,60)/t18-,25-/m0/s1. The number of carboxylic acid groups (broad SMARTS) is 1. The Hall–Kier alpha value is -7.06. The summed E-state index contributed by atoms with van der Waals surface area (Å²) in [6, 6.07) is 7.94. The number of alkyl halides is 6. The maximum absolute atomic E-state index is 16.9. The Morgan fingerprint density at radius 2 is 1.12 bits per heavy atom. The first kappa shape index (κ1) is 46.4. The third-order valence-corrected chi connectivity index (χ3v) is 10.4. The number of aliphatic carboxylic acids is 1. The van der Waals surface area contributed by atoms with E-state index in [0.29, 0.717) is 27.7 Å². The van der Waals surface area contributed by atoms with Crippen LogP contribution in [-0.2, 0) is 9.59 Å². The van der Waals surface area contributed by atoms with Crippen LogP contribution in [-0.4, -0.2) is 55.8 Å². The fraction of sp³-hybridized carbons (Fsp3) is 0.256. The molecule has 0 aliphatic carbocycles. The summed E-state index contributed by atoms with van der Waals surface area (Å²) in [6.45, 7) is 5.15. The fourth-order valence-corrected chi connectivity index (χ4v) is 7.53. The van der Waals surface area contributed by atoms with Crippen molar-refractivity contribution in [3.8, 4) is 23.0 Å². The van der Waals surface area contributed by atoms with Crippen LogP contribution in [0.1, 0.15) is 88.2 Å². The van der Waals surface area contributed by atoms with Crippen molar-refractivity contribution in [1.82, 2.24) is 9.13 Å². The number of halogens is 10. The van der Waals surface area contributed by atoms with Gasteiger partial charge in [0.2, 0.25) is 5.75 Å². The smallest absolute Gasteiger partial charge is 0.503 e. The van der Waals surface area contributed by atoms with Gasteiger partial charge < -0.3 is 24.4 Å². The average Bonchev–Trinajstić information content (AvgIpc) is 3.66. The first-order valence-electron chi connectivity index (χ1n) is 18.9. The lowest BCUT2D eigenvalue weighted by Gasteiger charge is -2.18. The second-order valence-corrected chi connectivity index (χ2v) is 14.4. The molecule has 2 aromatic heterocycles. The molecule has 0 saturated carbocycles. The Kier molecular flexibility index (Phi) is 12.5. The van der Waals surface area contributed by atoms with Gasteiger partial charge >= 0.3 is 24.7 Å². The van der Waals surface area contributed by atoms with Crippen LogP contribution >= 0.6 is 0 Å². The van der Waals surface area contributed by atoms with Crippen molar-refractivity contribution >= 4 is 45.6 Å². The van der Waals surface area contributed by atoms with Gasteiger partial charge in [-0.05, 0) is 86.8 Å². The Balaban J connectivity index is 1.49. The van der Waals surface area contributed by atoms with Crippen LogP contribution in [0.4, 0.5) is 43.9 Å². The summed E-state index contributed by atoms with van der Waals surface area (Å²) in [5.74, 6) is -19.4. The highest BCUT2D eigenvalue weighted by Crippen LogP contribution is 2.43. The van der Waals surface area contributed by atoms with Crippen molar-refractivity contribution in [1.29, 1.82) is 0 Å². The van der Waals surface area contributed by atoms with E-state index >= 15 is 13.2 Å². The third kappa shape index (κ3) is 8.78. The molecule has 0 aliphatic heterocycles. The normalized spacial score (nSPS) is 13.0. The van der Waals surface area contributed by atoms with Gasteiger partial charge in [-0.3, -0.25) is 28.3 Å². The summed E-state index contributed by atoms with van der Waals surface area (Å²) in [5.41, 5.74) is -3.12. The molecule has 64 heavy (non-hydrogen) atoms. The quantitative estimate of drug-likeness (QED) is 0.0696. The van der Waals surface area contributed by atoms with Crippen molar-refractivity contribution in [3.05, 3.63) is 118 Å². The number of rotatable bonds is 12. The third-order valence-electron chi connectivity index (χ3n) is 10.4. The van der Waals surface area contributed by atoms with Crippen molar-refractivity contribution in [2.75, 3.05) is 0 Å². The fourth-order valence-electron chi connectivity index (χ4n) is 7.53. The van der Waals surface area contributed by atoms with Gasteiger partial charge in [0.05, 0.1) is 22.9 Å². The molecule has 0 aliphatic rings. The molecule has 21 heteroatoms. The zero-order chi connectivity index (χ0) is 47.3. The molecule has 0 amide bonds. The lowest BCUT2D eigenvalue weighted by molar-refractivity contribution is -0.275. The number of aromatic nitrogens is 2. The molecule has 2 N–H and O–H groups in total. The second kappa shape index (κ2) is 17.2. The lowest BCUT2D eigenvalue weighted by Crippen LogP contribution is -2.22. The summed E-state index contributed by atoms with van der Waals surface area (Å²) >= 11 is 0. The first-order valence-corrected chi connectivity index (χ1v) is 18.9. The predicted octanol–water partition coefficient (Wildman–Crippen LogP) is 10.7. The largest absolute Gasteiger partial charge is 0.573 e. The molecule has 6 aromatic rings. The highest BCUT2D eigenvalue weighted by molar-refractivity contribution is 6.07. The van der Waals surface area contributed by atoms with Gasteiger partial charge in [-0.2, -0.15) is 0 Å². The second-order valence-electron chi connectivity index (χ2n) is 14.4. The minimum Gasteiger partial charge on any atom is -0.503 e. The van der Waals surface area contributed by atoms with E-state index in [1.54, 1.807) is 6.92 Å². The summed E-state index contributed by atoms with van der Waals surface area (Å²) in [5, 5.41) is 18.9. The number of fused-ring (bicyclic) bond motifs is 2. The SMILES string of the molecule is CCCC[C@H](C(=O)Oc1c(F)cc2c(c1F)c([C@H](C)C(=O)O)c(C)n2C(=O)c1ccc(OC(F)(F)F)cc1)c1c(C)n(C(=O)c2ccc(OC(F)(F)F)cc2)c2cc(F)c(O)c(F)c12. The molecule has 6 rings (SSSR count). The van der Waals surface area contributed by atoms with Gasteiger partial charge in [0.1, 0.15) is 11.5 Å². The number of ether oxygens (including phenoxy) is 3. The van der Waals surface area contributed by atoms with Crippen LogP contribution < -0.4 is 14.2 Å². The molecule has 0 bridgehead atoms. The number of carbonyl (C=O) groups excluding carboxylic acids is 3. The molecule has 338 valence electrons. The Bertz CT molecular complexity index is 2850. The molecule has 0 radical (unpaired) electrons. The van der Waals surface area contributed by atoms with E-state index in [2.05, 4.69) is 9.47 Å². The van der Waals surface area contributed by atoms with E-state index in [1.807, 2.05) is 0 Å². The van der Waals surface area contributed by atoms with Crippen LogP contribution in [0.5, 0.6) is 23.0 Å². The zero-order valence-corrected chi connectivity index (χ0v) is 33.5. The average molecular weight is 911 g/mol. The van der Waals surface area contributed by atoms with Gasteiger partial charge in [-0.15, -0.1) is 26.3 Å².